The van der Waals surface area contributed by atoms with Crippen molar-refractivity contribution in [1.82, 2.24) is 4.98 Å². The molecule has 0 aliphatic rings. The van der Waals surface area contributed by atoms with Crippen molar-refractivity contribution in [2.75, 3.05) is 5.32 Å². The fourth-order valence-electron chi connectivity index (χ4n) is 2.18. The molecule has 3 nitrogen and oxygen atoms in total. The van der Waals surface area contributed by atoms with Crippen molar-refractivity contribution >= 4 is 17.0 Å². The number of aryl methyl sites for hydroxylation is 3. The van der Waals surface area contributed by atoms with E-state index in [0.29, 0.717) is 5.56 Å². The molecule has 0 saturated carbocycles. The number of hydrogen-bond donors (Lipinski definition) is 1. The van der Waals surface area contributed by atoms with E-state index in [-0.39, 0.29) is 6.04 Å². The van der Waals surface area contributed by atoms with E-state index in [4.69, 9.17) is 0 Å². The van der Waals surface area contributed by atoms with Gasteiger partial charge in [-0.3, -0.25) is 0 Å². The Morgan fingerprint density at radius 1 is 1.32 bits per heavy atom. The third kappa shape index (κ3) is 2.77. The third-order valence-electron chi connectivity index (χ3n) is 3.09. The molecular weight excluding hydrogens is 254 g/mol. The zero-order chi connectivity index (χ0) is 14.0. The van der Waals surface area contributed by atoms with E-state index in [2.05, 4.69) is 23.3 Å². The fourth-order valence-corrected chi connectivity index (χ4v) is 3.11. The van der Waals surface area contributed by atoms with Crippen molar-refractivity contribution in [2.45, 2.75) is 33.7 Å². The van der Waals surface area contributed by atoms with Crippen LogP contribution in [0, 0.1) is 32.1 Å². The van der Waals surface area contributed by atoms with Crippen LogP contribution in [-0.4, -0.2) is 4.98 Å². The summed E-state index contributed by atoms with van der Waals surface area (Å²) in [5, 5.41) is 13.7. The highest BCUT2D eigenvalue weighted by Crippen LogP contribution is 2.29. The average Bonchev–Trinajstić information content (AvgIpc) is 2.69. The summed E-state index contributed by atoms with van der Waals surface area (Å²) in [7, 11) is 0. The zero-order valence-corrected chi connectivity index (χ0v) is 12.4. The number of nitrogens with zero attached hydrogens (tertiary/aromatic N) is 2. The maximum atomic E-state index is 9.24. The van der Waals surface area contributed by atoms with Gasteiger partial charge in [-0.1, -0.05) is 12.1 Å². The van der Waals surface area contributed by atoms with Crippen LogP contribution in [0.25, 0.3) is 0 Å². The van der Waals surface area contributed by atoms with E-state index in [1.807, 2.05) is 39.0 Å². The number of rotatable bonds is 3. The van der Waals surface area contributed by atoms with Crippen LogP contribution in [0.15, 0.2) is 18.2 Å². The SMILES string of the molecule is Cc1nc(C)c(C(C)Nc2cccc(C)c2C#N)s1. The Kier molecular flexibility index (Phi) is 3.87. The van der Waals surface area contributed by atoms with Crippen LogP contribution in [0.4, 0.5) is 5.69 Å². The van der Waals surface area contributed by atoms with Gasteiger partial charge >= 0.3 is 0 Å². The summed E-state index contributed by atoms with van der Waals surface area (Å²) in [6.07, 6.45) is 0. The van der Waals surface area contributed by atoms with Crippen LogP contribution < -0.4 is 5.32 Å². The summed E-state index contributed by atoms with van der Waals surface area (Å²) in [4.78, 5) is 5.67. The van der Waals surface area contributed by atoms with Crippen molar-refractivity contribution in [1.29, 1.82) is 5.26 Å². The van der Waals surface area contributed by atoms with Crippen LogP contribution in [0.1, 0.15) is 39.7 Å². The molecule has 1 N–H and O–H groups in total. The number of anilines is 1. The molecule has 0 amide bonds. The van der Waals surface area contributed by atoms with E-state index < -0.39 is 0 Å². The summed E-state index contributed by atoms with van der Waals surface area (Å²) in [6, 6.07) is 8.29. The molecule has 0 aliphatic heterocycles. The molecule has 0 spiro atoms. The third-order valence-corrected chi connectivity index (χ3v) is 4.34. The Labute approximate surface area is 117 Å². The second-order valence-corrected chi connectivity index (χ2v) is 5.89. The highest BCUT2D eigenvalue weighted by atomic mass is 32.1. The lowest BCUT2D eigenvalue weighted by Gasteiger charge is -2.16. The second kappa shape index (κ2) is 5.41. The van der Waals surface area contributed by atoms with Gasteiger partial charge in [0.25, 0.3) is 0 Å². The molecule has 2 rings (SSSR count). The molecule has 4 heteroatoms. The quantitative estimate of drug-likeness (QED) is 0.913. The van der Waals surface area contributed by atoms with E-state index in [9.17, 15) is 5.26 Å². The minimum absolute atomic E-state index is 0.153. The van der Waals surface area contributed by atoms with Crippen LogP contribution in [-0.2, 0) is 0 Å². The summed E-state index contributed by atoms with van der Waals surface area (Å²) in [5.74, 6) is 0. The standard InChI is InChI=1S/C15H17N3S/c1-9-6-5-7-14(13(9)8-16)18-11(3)15-10(2)17-12(4)19-15/h5-7,11,18H,1-4H3. The number of aromatic nitrogens is 1. The molecular formula is C15H17N3S. The smallest absolute Gasteiger partial charge is 0.102 e. The molecule has 0 radical (unpaired) electrons. The monoisotopic (exact) mass is 271 g/mol. The highest BCUT2D eigenvalue weighted by Gasteiger charge is 2.14. The lowest BCUT2D eigenvalue weighted by Crippen LogP contribution is -2.08. The normalized spacial score (nSPS) is 11.9. The maximum Gasteiger partial charge on any atom is 0.102 e. The summed E-state index contributed by atoms with van der Waals surface area (Å²) in [6.45, 7) is 8.10. The molecule has 2 aromatic rings. The first-order valence-electron chi connectivity index (χ1n) is 6.23. The second-order valence-electron chi connectivity index (χ2n) is 4.66. The van der Waals surface area contributed by atoms with E-state index in [0.717, 1.165) is 22.0 Å². The molecule has 98 valence electrons. The molecule has 0 aliphatic carbocycles. The van der Waals surface area contributed by atoms with Gasteiger partial charge in [0.2, 0.25) is 0 Å². The minimum atomic E-state index is 0.153. The highest BCUT2D eigenvalue weighted by molar-refractivity contribution is 7.11. The van der Waals surface area contributed by atoms with Crippen LogP contribution in [0.2, 0.25) is 0 Å². The number of hydrogen-bond acceptors (Lipinski definition) is 4. The number of thiazole rings is 1. The predicted molar refractivity (Wildman–Crippen MR) is 79.5 cm³/mol. The first kappa shape index (κ1) is 13.6. The summed E-state index contributed by atoms with van der Waals surface area (Å²) in [5.41, 5.74) is 3.67. The number of nitriles is 1. The first-order valence-corrected chi connectivity index (χ1v) is 7.04. The lowest BCUT2D eigenvalue weighted by molar-refractivity contribution is 0.888. The van der Waals surface area contributed by atoms with E-state index in [1.165, 1.54) is 4.88 Å². The zero-order valence-electron chi connectivity index (χ0n) is 11.6. The van der Waals surface area contributed by atoms with Gasteiger partial charge in [0.1, 0.15) is 6.07 Å². The Balaban J connectivity index is 2.30. The Hall–Kier alpha value is -1.86. The van der Waals surface area contributed by atoms with Gasteiger partial charge < -0.3 is 5.32 Å². The average molecular weight is 271 g/mol. The fraction of sp³-hybridized carbons (Fsp3) is 0.333. The van der Waals surface area contributed by atoms with Crippen molar-refractivity contribution in [3.8, 4) is 6.07 Å². The van der Waals surface area contributed by atoms with Gasteiger partial charge in [-0.05, 0) is 39.3 Å². The van der Waals surface area contributed by atoms with Crippen LogP contribution in [0.3, 0.4) is 0 Å². The largest absolute Gasteiger partial charge is 0.377 e. The topological polar surface area (TPSA) is 48.7 Å². The van der Waals surface area contributed by atoms with Crippen molar-refractivity contribution in [3.05, 3.63) is 44.9 Å². The van der Waals surface area contributed by atoms with Gasteiger partial charge in [-0.25, -0.2) is 4.98 Å². The summed E-state index contributed by atoms with van der Waals surface area (Å²) < 4.78 is 0. The minimum Gasteiger partial charge on any atom is -0.377 e. The molecule has 0 fully saturated rings. The molecule has 0 bridgehead atoms. The van der Waals surface area contributed by atoms with Crippen LogP contribution in [0.5, 0.6) is 0 Å². The van der Waals surface area contributed by atoms with Crippen molar-refractivity contribution < 1.29 is 0 Å². The molecule has 0 saturated heterocycles. The maximum absolute atomic E-state index is 9.24. The predicted octanol–water partition coefficient (Wildman–Crippen LogP) is 4.11. The first-order chi connectivity index (χ1) is 9.02. The molecule has 1 aromatic heterocycles. The van der Waals surface area contributed by atoms with Gasteiger partial charge in [-0.2, -0.15) is 5.26 Å². The molecule has 19 heavy (non-hydrogen) atoms. The van der Waals surface area contributed by atoms with Gasteiger partial charge in [0.05, 0.1) is 28.0 Å². The Morgan fingerprint density at radius 3 is 2.63 bits per heavy atom. The number of benzene rings is 1. The summed E-state index contributed by atoms with van der Waals surface area (Å²) >= 11 is 1.70. The molecule has 1 atom stereocenters. The van der Waals surface area contributed by atoms with E-state index in [1.54, 1.807) is 11.3 Å². The number of nitrogens with one attached hydrogen (secondary N) is 1. The Bertz CT molecular complexity index is 637. The Morgan fingerprint density at radius 2 is 2.05 bits per heavy atom. The van der Waals surface area contributed by atoms with E-state index >= 15 is 0 Å². The van der Waals surface area contributed by atoms with Gasteiger partial charge in [0, 0.05) is 4.88 Å². The molecule has 1 unspecified atom stereocenters. The molecule has 1 aromatic carbocycles. The van der Waals surface area contributed by atoms with Crippen molar-refractivity contribution in [3.63, 3.8) is 0 Å². The van der Waals surface area contributed by atoms with Gasteiger partial charge in [0.15, 0.2) is 0 Å². The van der Waals surface area contributed by atoms with Crippen LogP contribution >= 0.6 is 11.3 Å². The lowest BCUT2D eigenvalue weighted by atomic mass is 10.1. The van der Waals surface area contributed by atoms with Crippen molar-refractivity contribution in [2.24, 2.45) is 0 Å². The molecule has 1 heterocycles. The van der Waals surface area contributed by atoms with Gasteiger partial charge in [-0.15, -0.1) is 11.3 Å².